The number of anilines is 1. The first kappa shape index (κ1) is 17.2. The monoisotopic (exact) mass is 352 g/mol. The lowest BCUT2D eigenvalue weighted by molar-refractivity contribution is -0.126. The molecule has 0 spiro atoms. The van der Waals surface area contributed by atoms with E-state index < -0.39 is 9.84 Å². The van der Waals surface area contributed by atoms with Crippen LogP contribution in [0.2, 0.25) is 0 Å². The number of nitrogens with zero attached hydrogens (tertiary/aromatic N) is 3. The topological polar surface area (TPSA) is 82.6 Å². The zero-order chi connectivity index (χ0) is 17.2. The molecule has 24 heavy (non-hydrogen) atoms. The first-order chi connectivity index (χ1) is 11.4. The van der Waals surface area contributed by atoms with Crippen molar-refractivity contribution in [3.05, 3.63) is 24.4 Å². The van der Waals surface area contributed by atoms with Crippen LogP contribution in [0.5, 0.6) is 0 Å². The molecule has 0 unspecified atom stereocenters. The molecule has 0 saturated carbocycles. The summed E-state index contributed by atoms with van der Waals surface area (Å²) >= 11 is 0. The number of piperazine rings is 1. The average Bonchev–Trinajstić information content (AvgIpc) is 2.93. The Bertz CT molecular complexity index is 672. The lowest BCUT2D eigenvalue weighted by atomic mass is 10.2. The van der Waals surface area contributed by atoms with Crippen LogP contribution in [0.25, 0.3) is 0 Å². The van der Waals surface area contributed by atoms with Crippen molar-refractivity contribution in [1.29, 1.82) is 0 Å². The summed E-state index contributed by atoms with van der Waals surface area (Å²) < 4.78 is 23.0. The van der Waals surface area contributed by atoms with Crippen LogP contribution >= 0.6 is 0 Å². The fourth-order valence-electron chi connectivity index (χ4n) is 3.28. The Morgan fingerprint density at radius 1 is 1.29 bits per heavy atom. The van der Waals surface area contributed by atoms with Crippen molar-refractivity contribution < 1.29 is 13.2 Å². The first-order valence-electron chi connectivity index (χ1n) is 8.35. The maximum Gasteiger partial charge on any atom is 0.237 e. The summed E-state index contributed by atoms with van der Waals surface area (Å²) in [7, 11) is -2.97. The molecule has 3 heterocycles. The number of aromatic nitrogens is 1. The van der Waals surface area contributed by atoms with Crippen LogP contribution in [-0.4, -0.2) is 74.0 Å². The van der Waals surface area contributed by atoms with Crippen molar-refractivity contribution in [2.24, 2.45) is 0 Å². The lowest BCUT2D eigenvalue weighted by Gasteiger charge is -2.38. The molecule has 0 aliphatic carbocycles. The Labute approximate surface area is 143 Å². The van der Waals surface area contributed by atoms with E-state index in [1.165, 1.54) is 0 Å². The molecule has 1 amide bonds. The summed E-state index contributed by atoms with van der Waals surface area (Å²) in [6, 6.07) is 5.38. The molecular weight excluding hydrogens is 328 g/mol. The number of hydrogen-bond donors (Lipinski definition) is 1. The quantitative estimate of drug-likeness (QED) is 0.815. The number of amides is 1. The molecule has 3 rings (SSSR count). The number of carbonyl (C=O) groups is 1. The van der Waals surface area contributed by atoms with Gasteiger partial charge < -0.3 is 10.2 Å². The van der Waals surface area contributed by atoms with E-state index in [1.807, 2.05) is 25.1 Å². The van der Waals surface area contributed by atoms with Crippen LogP contribution in [0.4, 0.5) is 5.82 Å². The van der Waals surface area contributed by atoms with Gasteiger partial charge in [0.2, 0.25) is 5.91 Å². The maximum absolute atomic E-state index is 12.4. The molecular formula is C16H24N4O3S. The number of carbonyl (C=O) groups excluding carboxylic acids is 1. The molecule has 0 bridgehead atoms. The number of nitrogens with one attached hydrogen (secondary N) is 1. The van der Waals surface area contributed by atoms with Gasteiger partial charge in [0.25, 0.3) is 0 Å². The molecule has 2 aliphatic rings. The molecule has 8 heteroatoms. The van der Waals surface area contributed by atoms with Crippen LogP contribution in [0, 0.1) is 0 Å². The van der Waals surface area contributed by atoms with E-state index in [4.69, 9.17) is 0 Å². The molecule has 2 atom stereocenters. The van der Waals surface area contributed by atoms with Gasteiger partial charge in [-0.3, -0.25) is 9.69 Å². The molecule has 2 aliphatic heterocycles. The van der Waals surface area contributed by atoms with Crippen molar-refractivity contribution in [2.75, 3.05) is 42.6 Å². The van der Waals surface area contributed by atoms with Crippen molar-refractivity contribution in [3.63, 3.8) is 0 Å². The second-order valence-electron chi connectivity index (χ2n) is 6.50. The predicted octanol–water partition coefficient (Wildman–Crippen LogP) is -0.105. The zero-order valence-electron chi connectivity index (χ0n) is 13.9. The van der Waals surface area contributed by atoms with Crippen molar-refractivity contribution in [1.82, 2.24) is 15.2 Å². The summed E-state index contributed by atoms with van der Waals surface area (Å²) in [5.41, 5.74) is 0. The largest absolute Gasteiger partial charge is 0.354 e. The molecule has 0 aromatic carbocycles. The maximum atomic E-state index is 12.4. The van der Waals surface area contributed by atoms with Gasteiger partial charge in [0.15, 0.2) is 9.84 Å². The van der Waals surface area contributed by atoms with Gasteiger partial charge in [0.1, 0.15) is 5.82 Å². The molecule has 1 aromatic rings. The fourth-order valence-corrected chi connectivity index (χ4v) is 4.95. The summed E-state index contributed by atoms with van der Waals surface area (Å²) in [5, 5.41) is 2.89. The summed E-state index contributed by atoms with van der Waals surface area (Å²) in [6.45, 7) is 5.11. The minimum absolute atomic E-state index is 0.0684. The van der Waals surface area contributed by atoms with Crippen molar-refractivity contribution >= 4 is 21.6 Å². The standard InChI is InChI=1S/C16H24N4O3S/c1-13(16(21)18-14-5-11-24(22,23)12-14)19-7-9-20(10-8-19)15-4-2-3-6-17-15/h2-4,6,13-14H,5,7-12H2,1H3,(H,18,21)/t13-,14+/m1/s1. The Hall–Kier alpha value is -1.67. The van der Waals surface area contributed by atoms with Gasteiger partial charge in [-0.05, 0) is 25.5 Å². The van der Waals surface area contributed by atoms with E-state index in [0.29, 0.717) is 6.42 Å². The predicted molar refractivity (Wildman–Crippen MR) is 92.7 cm³/mol. The molecule has 2 fully saturated rings. The summed E-state index contributed by atoms with van der Waals surface area (Å²) in [4.78, 5) is 21.1. The molecule has 2 saturated heterocycles. The second-order valence-corrected chi connectivity index (χ2v) is 8.72. The number of sulfone groups is 1. The van der Waals surface area contributed by atoms with Gasteiger partial charge in [-0.25, -0.2) is 13.4 Å². The van der Waals surface area contributed by atoms with E-state index in [2.05, 4.69) is 20.1 Å². The van der Waals surface area contributed by atoms with Crippen molar-refractivity contribution in [2.45, 2.75) is 25.4 Å². The zero-order valence-corrected chi connectivity index (χ0v) is 14.7. The van der Waals surface area contributed by atoms with Crippen LogP contribution in [0.15, 0.2) is 24.4 Å². The highest BCUT2D eigenvalue weighted by Gasteiger charge is 2.32. The van der Waals surface area contributed by atoms with Gasteiger partial charge >= 0.3 is 0 Å². The average molecular weight is 352 g/mol. The summed E-state index contributed by atoms with van der Waals surface area (Å²) in [6.07, 6.45) is 2.31. The van der Waals surface area contributed by atoms with E-state index in [0.717, 1.165) is 32.0 Å². The lowest BCUT2D eigenvalue weighted by Crippen LogP contribution is -2.55. The van der Waals surface area contributed by atoms with E-state index in [9.17, 15) is 13.2 Å². The molecule has 0 radical (unpaired) electrons. The Morgan fingerprint density at radius 2 is 2.04 bits per heavy atom. The highest BCUT2D eigenvalue weighted by molar-refractivity contribution is 7.91. The van der Waals surface area contributed by atoms with Crippen LogP contribution < -0.4 is 10.2 Å². The summed E-state index contributed by atoms with van der Waals surface area (Å²) in [5.74, 6) is 1.13. The first-order valence-corrected chi connectivity index (χ1v) is 10.2. The number of pyridine rings is 1. The highest BCUT2D eigenvalue weighted by atomic mass is 32.2. The van der Waals surface area contributed by atoms with Crippen molar-refractivity contribution in [3.8, 4) is 0 Å². The minimum Gasteiger partial charge on any atom is -0.354 e. The Kier molecular flexibility index (Phi) is 5.05. The minimum atomic E-state index is -2.97. The van der Waals surface area contributed by atoms with Gasteiger partial charge in [-0.1, -0.05) is 6.07 Å². The van der Waals surface area contributed by atoms with Gasteiger partial charge in [0.05, 0.1) is 17.5 Å². The van der Waals surface area contributed by atoms with E-state index >= 15 is 0 Å². The Morgan fingerprint density at radius 3 is 2.62 bits per heavy atom. The van der Waals surface area contributed by atoms with Gasteiger partial charge in [-0.15, -0.1) is 0 Å². The third-order valence-corrected chi connectivity index (χ3v) is 6.56. The molecule has 1 N–H and O–H groups in total. The van der Waals surface area contributed by atoms with Crippen LogP contribution in [-0.2, 0) is 14.6 Å². The van der Waals surface area contributed by atoms with Gasteiger partial charge in [0, 0.05) is 38.4 Å². The van der Waals surface area contributed by atoms with Crippen LogP contribution in [0.3, 0.4) is 0 Å². The molecule has 7 nitrogen and oxygen atoms in total. The van der Waals surface area contributed by atoms with Crippen LogP contribution in [0.1, 0.15) is 13.3 Å². The Balaban J connectivity index is 1.50. The third kappa shape index (κ3) is 4.05. The van der Waals surface area contributed by atoms with Gasteiger partial charge in [-0.2, -0.15) is 0 Å². The third-order valence-electron chi connectivity index (χ3n) is 4.79. The van der Waals surface area contributed by atoms with E-state index in [1.54, 1.807) is 6.20 Å². The number of rotatable bonds is 4. The smallest absolute Gasteiger partial charge is 0.237 e. The second kappa shape index (κ2) is 7.06. The fraction of sp³-hybridized carbons (Fsp3) is 0.625. The normalized spacial score (nSPS) is 25.4. The molecule has 132 valence electrons. The SMILES string of the molecule is C[C@H](C(=O)N[C@H]1CCS(=O)(=O)C1)N1CCN(c2ccccn2)CC1. The molecule has 1 aromatic heterocycles. The highest BCUT2D eigenvalue weighted by Crippen LogP contribution is 2.15. The van der Waals surface area contributed by atoms with E-state index in [-0.39, 0.29) is 29.5 Å². The number of hydrogen-bond acceptors (Lipinski definition) is 6.